The van der Waals surface area contributed by atoms with Gasteiger partial charge in [0.05, 0.1) is 12.6 Å². The highest BCUT2D eigenvalue weighted by Gasteiger charge is 2.38. The van der Waals surface area contributed by atoms with Gasteiger partial charge in [0.1, 0.15) is 36.0 Å². The topological polar surface area (TPSA) is 358 Å². The van der Waals surface area contributed by atoms with E-state index in [1.165, 1.54) is 19.1 Å². The van der Waals surface area contributed by atoms with Crippen LogP contribution in [0.2, 0.25) is 0 Å². The first-order chi connectivity index (χ1) is 28.6. The lowest BCUT2D eigenvalue weighted by atomic mass is 9.99. The molecule has 0 saturated carbocycles. The number of guanidine groups is 1. The van der Waals surface area contributed by atoms with E-state index in [4.69, 9.17) is 22.6 Å². The van der Waals surface area contributed by atoms with Crippen molar-refractivity contribution in [3.63, 3.8) is 0 Å². The van der Waals surface area contributed by atoms with Gasteiger partial charge in [-0.3, -0.25) is 44.4 Å². The number of hydrogen-bond donors (Lipinski definition) is 12. The second-order valence-corrected chi connectivity index (χ2v) is 15.5. The van der Waals surface area contributed by atoms with Crippen LogP contribution in [-0.4, -0.2) is 129 Å². The summed E-state index contributed by atoms with van der Waals surface area (Å²) >= 11 is 0. The van der Waals surface area contributed by atoms with Gasteiger partial charge in [0.2, 0.25) is 29.5 Å². The predicted molar refractivity (Wildman–Crippen MR) is 223 cm³/mol. The van der Waals surface area contributed by atoms with Crippen LogP contribution in [0.15, 0.2) is 36.4 Å². The molecule has 338 valence electrons. The maximum absolute atomic E-state index is 14.2. The van der Waals surface area contributed by atoms with Gasteiger partial charge in [0.25, 0.3) is 5.91 Å². The number of hydrazine groups is 1. The highest BCUT2D eigenvalue weighted by atomic mass is 16.4. The number of nitrogens with one attached hydrogen (secondary N) is 7. The van der Waals surface area contributed by atoms with E-state index in [9.17, 15) is 48.6 Å². The maximum atomic E-state index is 14.2. The van der Waals surface area contributed by atoms with Gasteiger partial charge in [-0.1, -0.05) is 52.0 Å². The lowest BCUT2D eigenvalue weighted by Gasteiger charge is -2.36. The van der Waals surface area contributed by atoms with Gasteiger partial charge >= 0.3 is 12.0 Å². The van der Waals surface area contributed by atoms with E-state index in [0.717, 1.165) is 9.91 Å². The third-order valence-corrected chi connectivity index (χ3v) is 9.47. The fraction of sp³-hybridized carbons (Fsp3) is 0.564. The van der Waals surface area contributed by atoms with Crippen LogP contribution in [0.3, 0.4) is 0 Å². The van der Waals surface area contributed by atoms with Crippen molar-refractivity contribution in [2.24, 2.45) is 29.0 Å². The fourth-order valence-electron chi connectivity index (χ4n) is 6.21. The van der Waals surface area contributed by atoms with E-state index < -0.39 is 96.0 Å². The van der Waals surface area contributed by atoms with Gasteiger partial charge < -0.3 is 58.9 Å². The van der Waals surface area contributed by atoms with Crippen molar-refractivity contribution in [3.05, 3.63) is 42.0 Å². The number of carboxylic acid groups (broad SMARTS) is 1. The molecule has 0 saturated heterocycles. The molecule has 15 N–H and O–H groups in total. The number of primary amides is 1. The summed E-state index contributed by atoms with van der Waals surface area (Å²) < 4.78 is 0. The molecule has 0 spiro atoms. The van der Waals surface area contributed by atoms with Gasteiger partial charge in [-0.05, 0) is 62.1 Å². The van der Waals surface area contributed by atoms with E-state index in [1.54, 1.807) is 52.0 Å². The molecule has 0 aromatic heterocycles. The quantitative estimate of drug-likeness (QED) is 0.0237. The zero-order valence-electron chi connectivity index (χ0n) is 35.2. The van der Waals surface area contributed by atoms with Gasteiger partial charge in [0, 0.05) is 25.9 Å². The zero-order chi connectivity index (χ0) is 46.0. The Morgan fingerprint density at radius 3 is 1.95 bits per heavy atom. The maximum Gasteiger partial charge on any atom is 0.339 e. The minimum atomic E-state index is -1.48. The summed E-state index contributed by atoms with van der Waals surface area (Å²) in [5.74, 6) is -6.95. The minimum absolute atomic E-state index is 0.0240. The third kappa shape index (κ3) is 17.4. The van der Waals surface area contributed by atoms with Crippen molar-refractivity contribution in [3.8, 4) is 5.75 Å². The Balaban J connectivity index is 2.35. The fourth-order valence-corrected chi connectivity index (χ4v) is 6.21. The van der Waals surface area contributed by atoms with Gasteiger partial charge in [-0.15, -0.1) is 0 Å². The van der Waals surface area contributed by atoms with E-state index in [1.807, 2.05) is 0 Å². The Labute approximate surface area is 354 Å². The van der Waals surface area contributed by atoms with Crippen molar-refractivity contribution in [1.82, 2.24) is 41.9 Å². The first-order valence-electron chi connectivity index (χ1n) is 20.0. The molecule has 6 atom stereocenters. The monoisotopic (exact) mass is 858 g/mol. The third-order valence-electron chi connectivity index (χ3n) is 9.47. The Kier molecular flexibility index (Phi) is 20.4. The molecular weight excluding hydrogens is 797 g/mol. The largest absolute Gasteiger partial charge is 0.508 e. The number of carboxylic acids is 1. The normalized spacial score (nSPS) is 15.6. The molecule has 22 heteroatoms. The van der Waals surface area contributed by atoms with E-state index in [-0.39, 0.29) is 62.9 Å². The number of phenols is 1. The molecule has 61 heavy (non-hydrogen) atoms. The van der Waals surface area contributed by atoms with E-state index in [2.05, 4.69) is 32.0 Å². The SMILES string of the molecule is CC(C)C[C@@H](NC(=O)[C@@H](CCC(=O)O)NC(=O)[C@@H](C(C)C)N1CC=CCN(NC(=O)[C@@H](Cc2ccc(O)cc2)NC(=O)[C@H](N)CCCNC(=N)N)C1=O)C(=O)N[C@H](C)C(N)=O. The summed E-state index contributed by atoms with van der Waals surface area (Å²) in [6.45, 7) is 8.28. The first kappa shape index (κ1) is 50.7. The molecule has 0 fully saturated rings. The van der Waals surface area contributed by atoms with Crippen molar-refractivity contribution in [2.45, 2.75) is 109 Å². The number of aromatic hydroxyl groups is 1. The Hall–Kier alpha value is -6.45. The van der Waals surface area contributed by atoms with Crippen LogP contribution < -0.4 is 49.2 Å². The van der Waals surface area contributed by atoms with Crippen molar-refractivity contribution in [1.29, 1.82) is 5.41 Å². The van der Waals surface area contributed by atoms with Crippen LogP contribution in [-0.2, 0) is 40.0 Å². The number of phenolic OH excluding ortho intramolecular Hbond substituents is 1. The molecule has 1 heterocycles. The van der Waals surface area contributed by atoms with Crippen molar-refractivity contribution < 1.29 is 48.6 Å². The summed E-state index contributed by atoms with van der Waals surface area (Å²) in [5, 5.41) is 40.3. The lowest BCUT2D eigenvalue weighted by molar-refractivity contribution is -0.139. The molecule has 0 bridgehead atoms. The van der Waals surface area contributed by atoms with Crippen LogP contribution in [0.5, 0.6) is 5.75 Å². The summed E-state index contributed by atoms with van der Waals surface area (Å²) in [4.78, 5) is 106. The summed E-state index contributed by atoms with van der Waals surface area (Å²) in [7, 11) is 0. The number of benzene rings is 1. The molecular formula is C39H62N12O10. The highest BCUT2D eigenvalue weighted by Crippen LogP contribution is 2.18. The predicted octanol–water partition coefficient (Wildman–Crippen LogP) is -1.77. The molecule has 0 aliphatic carbocycles. The lowest BCUT2D eigenvalue weighted by Crippen LogP contribution is -2.62. The Morgan fingerprint density at radius 1 is 0.787 bits per heavy atom. The van der Waals surface area contributed by atoms with E-state index in [0.29, 0.717) is 12.0 Å². The summed E-state index contributed by atoms with van der Waals surface area (Å²) in [6, 6.07) is -2.21. The van der Waals surface area contributed by atoms with Crippen LogP contribution in [0, 0.1) is 17.2 Å². The van der Waals surface area contributed by atoms with Gasteiger partial charge in [-0.2, -0.15) is 0 Å². The zero-order valence-corrected chi connectivity index (χ0v) is 35.2. The van der Waals surface area contributed by atoms with E-state index >= 15 is 0 Å². The molecule has 1 aromatic rings. The average molecular weight is 859 g/mol. The van der Waals surface area contributed by atoms with Crippen molar-refractivity contribution >= 4 is 53.4 Å². The number of urea groups is 1. The Bertz CT molecular complexity index is 1760. The second kappa shape index (κ2) is 24.6. The van der Waals surface area contributed by atoms with Crippen LogP contribution in [0.1, 0.15) is 72.3 Å². The number of amides is 8. The molecule has 1 aliphatic rings. The first-order valence-corrected chi connectivity index (χ1v) is 20.0. The standard InChI is InChI=1S/C39H62N12O10/c1-21(2)19-28(35(58)45-23(5)32(41)55)48-34(57)27(14-15-30(53)54)46-37(60)31(22(3)4)50-17-6-7-18-51(39(50)61)49-36(59)29(20-24-10-12-25(52)13-11-24)47-33(56)26(40)9-8-16-44-38(42)43/h6-7,10-13,21-23,26-29,31,52H,8-9,14-20,40H2,1-5H3,(H2,41,55)(H,45,58)(H,46,60)(H,47,56)(H,48,57)(H,49,59)(H,53,54)(H4,42,43,44)/t23-,26-,27-,28-,29-,31-/m1/s1. The second-order valence-electron chi connectivity index (χ2n) is 15.5. The highest BCUT2D eigenvalue weighted by molar-refractivity contribution is 5.96. The molecule has 0 radical (unpaired) electrons. The smallest absolute Gasteiger partial charge is 0.339 e. The van der Waals surface area contributed by atoms with Crippen LogP contribution >= 0.6 is 0 Å². The number of aliphatic carboxylic acids is 1. The molecule has 22 nitrogen and oxygen atoms in total. The number of rotatable bonds is 24. The van der Waals surface area contributed by atoms with Crippen molar-refractivity contribution in [2.75, 3.05) is 19.6 Å². The van der Waals surface area contributed by atoms with Crippen LogP contribution in [0.25, 0.3) is 0 Å². The molecule has 0 unspecified atom stereocenters. The number of nitrogens with zero attached hydrogens (tertiary/aromatic N) is 2. The summed E-state index contributed by atoms with van der Waals surface area (Å²) in [6.07, 6.45) is 2.88. The number of carbonyl (C=O) groups excluding carboxylic acids is 7. The molecule has 2 rings (SSSR count). The van der Waals surface area contributed by atoms with Gasteiger partial charge in [-0.25, -0.2) is 9.80 Å². The molecule has 1 aliphatic heterocycles. The summed E-state index contributed by atoms with van der Waals surface area (Å²) in [5.41, 5.74) is 19.8. The van der Waals surface area contributed by atoms with Crippen LogP contribution in [0.4, 0.5) is 4.79 Å². The minimum Gasteiger partial charge on any atom is -0.508 e. The molecule has 8 amide bonds. The number of nitrogens with two attached hydrogens (primary N) is 3. The van der Waals surface area contributed by atoms with Gasteiger partial charge in [0.15, 0.2) is 5.96 Å². The Morgan fingerprint density at radius 2 is 1.38 bits per heavy atom. The average Bonchev–Trinajstić information content (AvgIpc) is 3.34. The number of hydrogen-bond acceptors (Lipinski definition) is 11. The number of carbonyl (C=O) groups is 8. The molecule has 1 aromatic carbocycles.